The van der Waals surface area contributed by atoms with Crippen LogP contribution in [-0.2, 0) is 4.79 Å². The number of hydrogen-bond acceptors (Lipinski definition) is 5. The zero-order chi connectivity index (χ0) is 15.5. The number of nitrogens with zero attached hydrogens (tertiary/aromatic N) is 2. The van der Waals surface area contributed by atoms with Crippen LogP contribution in [0.25, 0.3) is 11.5 Å². The molecular formula is C15H17ClN4O2. The molecule has 1 amide bonds. The maximum absolute atomic E-state index is 12.1. The topological polar surface area (TPSA) is 80.0 Å². The molecule has 2 atom stereocenters. The summed E-state index contributed by atoms with van der Waals surface area (Å²) in [4.78, 5) is 16.4. The third-order valence-corrected chi connectivity index (χ3v) is 3.91. The Labute approximate surface area is 133 Å². The molecule has 0 aliphatic carbocycles. The van der Waals surface area contributed by atoms with Crippen LogP contribution in [0.1, 0.15) is 31.6 Å². The first kappa shape index (κ1) is 15.0. The summed E-state index contributed by atoms with van der Waals surface area (Å²) in [7, 11) is 0. The molecular weight excluding hydrogens is 304 g/mol. The fourth-order valence-corrected chi connectivity index (χ4v) is 2.53. The number of nitrogens with one attached hydrogen (secondary N) is 2. The molecule has 0 radical (unpaired) electrons. The van der Waals surface area contributed by atoms with Crippen LogP contribution in [0.5, 0.6) is 0 Å². The molecule has 1 unspecified atom stereocenters. The van der Waals surface area contributed by atoms with E-state index in [1.165, 1.54) is 0 Å². The van der Waals surface area contributed by atoms with Crippen molar-refractivity contribution in [3.63, 3.8) is 0 Å². The summed E-state index contributed by atoms with van der Waals surface area (Å²) in [5.41, 5.74) is 0.791. The van der Waals surface area contributed by atoms with E-state index in [0.717, 1.165) is 24.9 Å². The Kier molecular flexibility index (Phi) is 4.40. The number of halogens is 1. The van der Waals surface area contributed by atoms with Gasteiger partial charge in [-0.05, 0) is 50.6 Å². The van der Waals surface area contributed by atoms with Gasteiger partial charge in [-0.2, -0.15) is 4.98 Å². The first-order chi connectivity index (χ1) is 10.6. The summed E-state index contributed by atoms with van der Waals surface area (Å²) in [5.74, 6) is 0.839. The van der Waals surface area contributed by atoms with Crippen LogP contribution in [0, 0.1) is 0 Å². The molecule has 116 valence electrons. The van der Waals surface area contributed by atoms with Gasteiger partial charge in [0.05, 0.1) is 12.1 Å². The third kappa shape index (κ3) is 3.28. The van der Waals surface area contributed by atoms with Crippen molar-refractivity contribution in [3.8, 4) is 11.5 Å². The number of rotatable bonds is 4. The number of carbonyl (C=O) groups is 1. The van der Waals surface area contributed by atoms with Crippen LogP contribution in [0.15, 0.2) is 28.8 Å². The summed E-state index contributed by atoms with van der Waals surface area (Å²) >= 11 is 5.85. The van der Waals surface area contributed by atoms with Crippen LogP contribution in [-0.4, -0.2) is 28.6 Å². The molecule has 7 heteroatoms. The number of carbonyl (C=O) groups excluding carboxylic acids is 1. The van der Waals surface area contributed by atoms with E-state index in [9.17, 15) is 4.79 Å². The number of amides is 1. The maximum Gasteiger partial charge on any atom is 0.257 e. The third-order valence-electron chi connectivity index (χ3n) is 3.66. The smallest absolute Gasteiger partial charge is 0.257 e. The van der Waals surface area contributed by atoms with Gasteiger partial charge in [0.15, 0.2) is 5.82 Å². The predicted molar refractivity (Wildman–Crippen MR) is 82.3 cm³/mol. The second-order valence-electron chi connectivity index (χ2n) is 5.34. The Morgan fingerprint density at radius 1 is 1.45 bits per heavy atom. The van der Waals surface area contributed by atoms with Crippen LogP contribution in [0.4, 0.5) is 0 Å². The highest BCUT2D eigenvalue weighted by atomic mass is 35.5. The zero-order valence-corrected chi connectivity index (χ0v) is 12.9. The summed E-state index contributed by atoms with van der Waals surface area (Å²) in [6.45, 7) is 2.72. The summed E-state index contributed by atoms with van der Waals surface area (Å²) < 4.78 is 5.25. The minimum Gasteiger partial charge on any atom is -0.345 e. The van der Waals surface area contributed by atoms with Crippen molar-refractivity contribution in [2.75, 3.05) is 6.54 Å². The molecule has 2 N–H and O–H groups in total. The molecule has 1 aliphatic rings. The van der Waals surface area contributed by atoms with Crippen molar-refractivity contribution in [3.05, 3.63) is 35.1 Å². The molecule has 1 aromatic heterocycles. The molecule has 3 rings (SSSR count). The molecule has 1 aliphatic heterocycles. The van der Waals surface area contributed by atoms with E-state index < -0.39 is 0 Å². The lowest BCUT2D eigenvalue weighted by molar-refractivity contribution is -0.123. The Morgan fingerprint density at radius 2 is 2.23 bits per heavy atom. The molecule has 1 fully saturated rings. The lowest BCUT2D eigenvalue weighted by Crippen LogP contribution is -2.41. The standard InChI is InChI=1S/C15H17ClN4O2/c1-9(18-14(21)12-3-2-8-17-12)13-19-15(22-20-13)10-4-6-11(16)7-5-10/h4-7,9,12,17H,2-3,8H2,1H3,(H,18,21)/t9?,12-/m0/s1. The van der Waals surface area contributed by atoms with Gasteiger partial charge in [0.25, 0.3) is 5.89 Å². The summed E-state index contributed by atoms with van der Waals surface area (Å²) in [6.07, 6.45) is 1.89. The van der Waals surface area contributed by atoms with E-state index in [1.54, 1.807) is 12.1 Å². The van der Waals surface area contributed by atoms with E-state index in [0.29, 0.717) is 16.7 Å². The Bertz CT molecular complexity index is 650. The van der Waals surface area contributed by atoms with Crippen molar-refractivity contribution in [2.45, 2.75) is 31.8 Å². The maximum atomic E-state index is 12.1. The number of aromatic nitrogens is 2. The van der Waals surface area contributed by atoms with E-state index in [4.69, 9.17) is 16.1 Å². The Morgan fingerprint density at radius 3 is 2.91 bits per heavy atom. The fraction of sp³-hybridized carbons (Fsp3) is 0.400. The highest BCUT2D eigenvalue weighted by molar-refractivity contribution is 6.30. The van der Waals surface area contributed by atoms with Crippen molar-refractivity contribution in [1.29, 1.82) is 0 Å². The normalized spacial score (nSPS) is 19.1. The van der Waals surface area contributed by atoms with Crippen molar-refractivity contribution < 1.29 is 9.32 Å². The van der Waals surface area contributed by atoms with Crippen molar-refractivity contribution in [2.24, 2.45) is 0 Å². The highest BCUT2D eigenvalue weighted by Gasteiger charge is 2.25. The first-order valence-electron chi connectivity index (χ1n) is 7.27. The summed E-state index contributed by atoms with van der Waals surface area (Å²) in [5, 5.41) is 10.7. The number of benzene rings is 1. The largest absolute Gasteiger partial charge is 0.345 e. The average molecular weight is 321 g/mol. The van der Waals surface area contributed by atoms with Gasteiger partial charge in [-0.25, -0.2) is 0 Å². The van der Waals surface area contributed by atoms with E-state index in [2.05, 4.69) is 20.8 Å². The monoisotopic (exact) mass is 320 g/mol. The van der Waals surface area contributed by atoms with Crippen LogP contribution in [0.3, 0.4) is 0 Å². The van der Waals surface area contributed by atoms with Gasteiger partial charge in [0.2, 0.25) is 5.91 Å². The number of hydrogen-bond donors (Lipinski definition) is 2. The SMILES string of the molecule is CC(NC(=O)[C@@H]1CCCN1)c1noc(-c2ccc(Cl)cc2)n1. The van der Waals surface area contributed by atoms with E-state index in [-0.39, 0.29) is 18.0 Å². The molecule has 2 heterocycles. The van der Waals surface area contributed by atoms with E-state index in [1.807, 2.05) is 19.1 Å². The van der Waals surface area contributed by atoms with Crippen LogP contribution in [0.2, 0.25) is 5.02 Å². The second kappa shape index (κ2) is 6.46. The predicted octanol–water partition coefficient (Wildman–Crippen LogP) is 2.32. The van der Waals surface area contributed by atoms with Crippen LogP contribution >= 0.6 is 11.6 Å². The zero-order valence-electron chi connectivity index (χ0n) is 12.2. The van der Waals surface area contributed by atoms with Crippen molar-refractivity contribution >= 4 is 17.5 Å². The van der Waals surface area contributed by atoms with Gasteiger partial charge in [-0.15, -0.1) is 0 Å². The van der Waals surface area contributed by atoms with Crippen molar-refractivity contribution in [1.82, 2.24) is 20.8 Å². The first-order valence-corrected chi connectivity index (χ1v) is 7.64. The minimum absolute atomic E-state index is 0.0251. The molecule has 1 saturated heterocycles. The molecule has 0 bridgehead atoms. The highest BCUT2D eigenvalue weighted by Crippen LogP contribution is 2.21. The molecule has 0 spiro atoms. The minimum atomic E-state index is -0.306. The second-order valence-corrected chi connectivity index (χ2v) is 5.78. The Hall–Kier alpha value is -1.92. The lowest BCUT2D eigenvalue weighted by atomic mass is 10.2. The van der Waals surface area contributed by atoms with Gasteiger partial charge in [-0.1, -0.05) is 16.8 Å². The van der Waals surface area contributed by atoms with Gasteiger partial charge in [-0.3, -0.25) is 4.79 Å². The Balaban J connectivity index is 1.67. The van der Waals surface area contributed by atoms with E-state index >= 15 is 0 Å². The van der Waals surface area contributed by atoms with Gasteiger partial charge in [0, 0.05) is 10.6 Å². The van der Waals surface area contributed by atoms with Gasteiger partial charge < -0.3 is 15.2 Å². The van der Waals surface area contributed by atoms with Gasteiger partial charge >= 0.3 is 0 Å². The van der Waals surface area contributed by atoms with Crippen LogP contribution < -0.4 is 10.6 Å². The fourth-order valence-electron chi connectivity index (χ4n) is 2.41. The average Bonchev–Trinajstić information content (AvgIpc) is 3.20. The molecule has 2 aromatic rings. The molecule has 1 aromatic carbocycles. The molecule has 6 nitrogen and oxygen atoms in total. The molecule has 0 saturated carbocycles. The lowest BCUT2D eigenvalue weighted by Gasteiger charge is -2.14. The molecule has 22 heavy (non-hydrogen) atoms. The quantitative estimate of drug-likeness (QED) is 0.903. The summed E-state index contributed by atoms with van der Waals surface area (Å²) in [6, 6.07) is 6.72. The van der Waals surface area contributed by atoms with Gasteiger partial charge in [0.1, 0.15) is 0 Å².